The first kappa shape index (κ1) is 21.2. The Kier molecular flexibility index (Phi) is 6.25. The topological polar surface area (TPSA) is 48.9 Å². The number of nitrogens with one attached hydrogen (secondary N) is 2. The van der Waals surface area contributed by atoms with Crippen LogP contribution in [0.3, 0.4) is 0 Å². The summed E-state index contributed by atoms with van der Waals surface area (Å²) in [6, 6.07) is 7.72. The lowest BCUT2D eigenvalue weighted by molar-refractivity contribution is -0.171. The van der Waals surface area contributed by atoms with E-state index in [1.165, 1.54) is 25.3 Å². The van der Waals surface area contributed by atoms with E-state index in [9.17, 15) is 4.39 Å². The summed E-state index contributed by atoms with van der Waals surface area (Å²) in [5.74, 6) is 1.37. The number of aliphatic imine (C=N–C) groups is 1. The van der Waals surface area contributed by atoms with E-state index in [2.05, 4.69) is 20.5 Å². The van der Waals surface area contributed by atoms with Crippen LogP contribution in [-0.4, -0.2) is 50.9 Å². The molecule has 2 saturated carbocycles. The molecule has 2 aliphatic heterocycles. The number of nitrogens with zero attached hydrogens (tertiary/aromatic N) is 2. The summed E-state index contributed by atoms with van der Waals surface area (Å²) < 4.78 is 19.7. The standard InChI is InChI=1S/C22H31FN4O.HI/c1-24-21(26-19-18-8-12-28-20(18)22(19)9-4-10-22)25-16-6-3-11-27(14-16)17-7-2-5-15(23)13-17;/h2,5,7,13,16,18-20H,3-4,6,8-12,14H2,1H3,(H2,24,25,26);1H. The minimum atomic E-state index is -0.172. The molecule has 5 rings (SSSR count). The molecule has 0 bridgehead atoms. The molecule has 1 aromatic rings. The minimum absolute atomic E-state index is 0. The van der Waals surface area contributed by atoms with E-state index in [1.807, 2.05) is 13.1 Å². The van der Waals surface area contributed by atoms with Crippen molar-refractivity contribution in [3.8, 4) is 0 Å². The first-order valence-electron chi connectivity index (χ1n) is 10.8. The number of hydrogen-bond donors (Lipinski definition) is 2. The van der Waals surface area contributed by atoms with Gasteiger partial charge >= 0.3 is 0 Å². The highest BCUT2D eigenvalue weighted by Gasteiger charge is 2.66. The first-order valence-corrected chi connectivity index (χ1v) is 10.8. The third kappa shape index (κ3) is 3.73. The zero-order valence-corrected chi connectivity index (χ0v) is 19.4. The molecule has 29 heavy (non-hydrogen) atoms. The summed E-state index contributed by atoms with van der Waals surface area (Å²) >= 11 is 0. The lowest BCUT2D eigenvalue weighted by Crippen LogP contribution is -2.73. The van der Waals surface area contributed by atoms with Crippen LogP contribution in [0, 0.1) is 17.2 Å². The summed E-state index contributed by atoms with van der Waals surface area (Å²) in [6.45, 7) is 2.75. The molecule has 4 unspecified atom stereocenters. The van der Waals surface area contributed by atoms with Crippen LogP contribution in [0.1, 0.15) is 38.5 Å². The molecule has 7 heteroatoms. The number of benzene rings is 1. The van der Waals surface area contributed by atoms with Gasteiger partial charge in [0.1, 0.15) is 5.82 Å². The molecule has 1 aromatic carbocycles. The zero-order valence-electron chi connectivity index (χ0n) is 17.1. The van der Waals surface area contributed by atoms with Gasteiger partial charge in [-0.15, -0.1) is 24.0 Å². The number of fused-ring (bicyclic) bond motifs is 2. The van der Waals surface area contributed by atoms with E-state index in [1.54, 1.807) is 12.1 Å². The van der Waals surface area contributed by atoms with Gasteiger partial charge in [-0.2, -0.15) is 0 Å². The molecule has 0 amide bonds. The number of ether oxygens (including phenoxy) is 1. The summed E-state index contributed by atoms with van der Waals surface area (Å²) in [6.07, 6.45) is 7.71. The van der Waals surface area contributed by atoms with Crippen LogP contribution in [-0.2, 0) is 4.74 Å². The van der Waals surface area contributed by atoms with Gasteiger partial charge in [0.15, 0.2) is 5.96 Å². The van der Waals surface area contributed by atoms with Crippen LogP contribution in [0.4, 0.5) is 10.1 Å². The molecule has 4 fully saturated rings. The second-order valence-corrected chi connectivity index (χ2v) is 8.93. The van der Waals surface area contributed by atoms with E-state index in [-0.39, 0.29) is 29.8 Å². The molecule has 4 aliphatic rings. The molecule has 4 atom stereocenters. The van der Waals surface area contributed by atoms with Crippen molar-refractivity contribution in [2.24, 2.45) is 16.3 Å². The molecule has 2 N–H and O–H groups in total. The van der Waals surface area contributed by atoms with Crippen LogP contribution in [0.25, 0.3) is 0 Å². The van der Waals surface area contributed by atoms with Crippen LogP contribution in [0.5, 0.6) is 0 Å². The highest BCUT2D eigenvalue weighted by Crippen LogP contribution is 2.62. The molecule has 0 radical (unpaired) electrons. The second-order valence-electron chi connectivity index (χ2n) is 8.93. The van der Waals surface area contributed by atoms with Crippen molar-refractivity contribution in [1.82, 2.24) is 10.6 Å². The zero-order chi connectivity index (χ0) is 19.1. The first-order chi connectivity index (χ1) is 13.7. The minimum Gasteiger partial charge on any atom is -0.377 e. The lowest BCUT2D eigenvalue weighted by Gasteiger charge is -2.63. The van der Waals surface area contributed by atoms with Gasteiger partial charge < -0.3 is 20.3 Å². The third-order valence-electron chi connectivity index (χ3n) is 7.49. The molecule has 1 spiro atoms. The van der Waals surface area contributed by atoms with Crippen molar-refractivity contribution >= 4 is 35.6 Å². The molecular formula is C22H32FIN4O. The molecule has 2 saturated heterocycles. The van der Waals surface area contributed by atoms with Crippen LogP contribution < -0.4 is 15.5 Å². The van der Waals surface area contributed by atoms with Crippen LogP contribution in [0.15, 0.2) is 29.3 Å². The number of halogens is 2. The Morgan fingerprint density at radius 3 is 2.83 bits per heavy atom. The van der Waals surface area contributed by atoms with Crippen LogP contribution >= 0.6 is 24.0 Å². The van der Waals surface area contributed by atoms with Gasteiger partial charge in [-0.1, -0.05) is 12.5 Å². The number of piperidine rings is 1. The van der Waals surface area contributed by atoms with Gasteiger partial charge in [-0.05, 0) is 50.3 Å². The molecule has 5 nitrogen and oxygen atoms in total. The smallest absolute Gasteiger partial charge is 0.191 e. The van der Waals surface area contributed by atoms with Crippen molar-refractivity contribution in [1.29, 1.82) is 0 Å². The maximum atomic E-state index is 13.6. The highest BCUT2D eigenvalue weighted by atomic mass is 127. The van der Waals surface area contributed by atoms with Gasteiger partial charge in [0, 0.05) is 55.8 Å². The normalized spacial score (nSPS) is 32.6. The van der Waals surface area contributed by atoms with E-state index in [0.29, 0.717) is 29.5 Å². The molecule has 160 valence electrons. The largest absolute Gasteiger partial charge is 0.377 e. The third-order valence-corrected chi connectivity index (χ3v) is 7.49. The van der Waals surface area contributed by atoms with Gasteiger partial charge in [-0.3, -0.25) is 4.99 Å². The van der Waals surface area contributed by atoms with Gasteiger partial charge in [0.05, 0.1) is 6.10 Å². The molecular weight excluding hydrogens is 482 g/mol. The van der Waals surface area contributed by atoms with E-state index < -0.39 is 0 Å². The van der Waals surface area contributed by atoms with Crippen molar-refractivity contribution < 1.29 is 9.13 Å². The van der Waals surface area contributed by atoms with Crippen molar-refractivity contribution in [3.05, 3.63) is 30.1 Å². The Morgan fingerprint density at radius 1 is 1.24 bits per heavy atom. The second kappa shape index (κ2) is 8.57. The summed E-state index contributed by atoms with van der Waals surface area (Å²) in [4.78, 5) is 6.80. The van der Waals surface area contributed by atoms with Crippen LogP contribution in [0.2, 0.25) is 0 Å². The predicted molar refractivity (Wildman–Crippen MR) is 125 cm³/mol. The van der Waals surface area contributed by atoms with Gasteiger partial charge in [0.2, 0.25) is 0 Å². The summed E-state index contributed by atoms with van der Waals surface area (Å²) in [5, 5.41) is 7.41. The number of anilines is 1. The average Bonchev–Trinajstić information content (AvgIpc) is 3.09. The molecule has 2 heterocycles. The van der Waals surface area contributed by atoms with E-state index in [0.717, 1.165) is 50.6 Å². The highest BCUT2D eigenvalue weighted by molar-refractivity contribution is 14.0. The molecule has 0 aromatic heterocycles. The van der Waals surface area contributed by atoms with Crippen molar-refractivity contribution in [3.63, 3.8) is 0 Å². The van der Waals surface area contributed by atoms with Crippen molar-refractivity contribution in [2.75, 3.05) is 31.6 Å². The number of rotatable bonds is 3. The lowest BCUT2D eigenvalue weighted by atomic mass is 9.46. The van der Waals surface area contributed by atoms with Gasteiger partial charge in [0.25, 0.3) is 0 Å². The van der Waals surface area contributed by atoms with E-state index >= 15 is 0 Å². The fourth-order valence-electron chi connectivity index (χ4n) is 5.97. The Labute approximate surface area is 189 Å². The number of guanidine groups is 1. The Bertz CT molecular complexity index is 756. The predicted octanol–water partition coefficient (Wildman–Crippen LogP) is 3.54. The summed E-state index contributed by atoms with van der Waals surface area (Å²) in [7, 11) is 1.86. The maximum absolute atomic E-state index is 13.6. The fourth-order valence-corrected chi connectivity index (χ4v) is 5.97. The number of hydrogen-bond acceptors (Lipinski definition) is 3. The SMILES string of the molecule is CN=C(NC1CCCN(c2cccc(F)c2)C1)NC1C2CCOC2C12CCC2.I. The quantitative estimate of drug-likeness (QED) is 0.368. The molecule has 2 aliphatic carbocycles. The van der Waals surface area contributed by atoms with E-state index in [4.69, 9.17) is 4.74 Å². The maximum Gasteiger partial charge on any atom is 0.191 e. The fraction of sp³-hybridized carbons (Fsp3) is 0.682. The van der Waals surface area contributed by atoms with Gasteiger partial charge in [-0.25, -0.2) is 4.39 Å². The monoisotopic (exact) mass is 514 g/mol. The Balaban J connectivity index is 0.00000205. The van der Waals surface area contributed by atoms with Crippen molar-refractivity contribution in [2.45, 2.75) is 56.7 Å². The Hall–Kier alpha value is -1.09. The average molecular weight is 514 g/mol. The Morgan fingerprint density at radius 2 is 2.10 bits per heavy atom. The summed E-state index contributed by atoms with van der Waals surface area (Å²) in [5.41, 5.74) is 1.31.